The molecule has 6 nitrogen and oxygen atoms in total. The second-order valence-corrected chi connectivity index (χ2v) is 3.04. The highest BCUT2D eigenvalue weighted by atomic mass is 16.6. The van der Waals surface area contributed by atoms with Crippen molar-refractivity contribution in [1.82, 2.24) is 5.32 Å². The van der Waals surface area contributed by atoms with Crippen molar-refractivity contribution in [3.63, 3.8) is 0 Å². The van der Waals surface area contributed by atoms with Gasteiger partial charge in [0.05, 0.1) is 12.6 Å². The Balaban J connectivity index is 2.66. The van der Waals surface area contributed by atoms with Crippen molar-refractivity contribution in [3.05, 3.63) is 0 Å². The molecule has 0 saturated carbocycles. The van der Waals surface area contributed by atoms with Crippen molar-refractivity contribution >= 4 is 0 Å². The predicted octanol–water partition coefficient (Wildman–Crippen LogP) is -2.99. The summed E-state index contributed by atoms with van der Waals surface area (Å²) in [5.41, 5.74) is 0. The molecule has 0 spiro atoms. The van der Waals surface area contributed by atoms with Crippen LogP contribution in [0.5, 0.6) is 0 Å². The molecule has 0 aromatic carbocycles. The molecule has 4 unspecified atom stereocenters. The molecule has 1 heterocycles. The van der Waals surface area contributed by atoms with Gasteiger partial charge in [0.15, 0.2) is 6.29 Å². The van der Waals surface area contributed by atoms with E-state index in [-0.39, 0.29) is 0 Å². The molecule has 78 valence electrons. The van der Waals surface area contributed by atoms with E-state index in [9.17, 15) is 15.3 Å². The highest BCUT2D eigenvalue weighted by Crippen LogP contribution is 2.18. The normalized spacial score (nSPS) is 46.4. The number of aliphatic hydroxyl groups excluding tert-OH is 4. The van der Waals surface area contributed by atoms with Gasteiger partial charge in [-0.3, -0.25) is 0 Å². The molecule has 6 heteroatoms. The van der Waals surface area contributed by atoms with Crippen LogP contribution in [0.15, 0.2) is 0 Å². The van der Waals surface area contributed by atoms with E-state index in [0.29, 0.717) is 0 Å². The summed E-state index contributed by atoms with van der Waals surface area (Å²) in [4.78, 5) is 0. The van der Waals surface area contributed by atoms with E-state index in [2.05, 4.69) is 5.32 Å². The maximum Gasteiger partial charge on any atom is 0.173 e. The molecule has 1 rings (SSSR count). The lowest BCUT2D eigenvalue weighted by molar-refractivity contribution is -0.253. The second-order valence-electron chi connectivity index (χ2n) is 3.04. The van der Waals surface area contributed by atoms with Gasteiger partial charge < -0.3 is 30.5 Å². The van der Waals surface area contributed by atoms with Gasteiger partial charge in [0.2, 0.25) is 0 Å². The number of hydrogen-bond donors (Lipinski definition) is 5. The Hall–Kier alpha value is -0.240. The van der Waals surface area contributed by atoms with Crippen LogP contribution in [-0.2, 0) is 4.74 Å². The molecular weight excluding hydrogens is 178 g/mol. The lowest BCUT2D eigenvalue weighted by Gasteiger charge is -2.39. The Kier molecular flexibility index (Phi) is 3.60. The second kappa shape index (κ2) is 4.32. The van der Waals surface area contributed by atoms with E-state index in [4.69, 9.17) is 9.84 Å². The fourth-order valence-electron chi connectivity index (χ4n) is 1.41. The van der Waals surface area contributed by atoms with Gasteiger partial charge in [-0.25, -0.2) is 0 Å². The first-order valence-corrected chi connectivity index (χ1v) is 4.09. The Morgan fingerprint density at radius 2 is 1.85 bits per heavy atom. The van der Waals surface area contributed by atoms with Crippen LogP contribution in [0.2, 0.25) is 0 Å². The fraction of sp³-hybridized carbons (Fsp3) is 1.00. The largest absolute Gasteiger partial charge is 0.394 e. The Morgan fingerprint density at radius 1 is 1.23 bits per heavy atom. The summed E-state index contributed by atoms with van der Waals surface area (Å²) in [6, 6.07) is -0.738. The molecule has 1 aliphatic heterocycles. The average molecular weight is 193 g/mol. The van der Waals surface area contributed by atoms with Crippen molar-refractivity contribution in [2.45, 2.75) is 30.6 Å². The topological polar surface area (TPSA) is 102 Å². The molecule has 5 N–H and O–H groups in total. The predicted molar refractivity (Wildman–Crippen MR) is 42.8 cm³/mol. The molecular formula is C7H15NO5. The SMILES string of the molecule is CNC1C(O)OC(CO)[C@@H](O)C1O. The molecule has 0 aromatic rings. The third kappa shape index (κ3) is 1.98. The minimum atomic E-state index is -1.22. The van der Waals surface area contributed by atoms with Gasteiger partial charge in [-0.15, -0.1) is 0 Å². The molecule has 0 aromatic heterocycles. The monoisotopic (exact) mass is 193 g/mol. The zero-order valence-corrected chi connectivity index (χ0v) is 7.29. The summed E-state index contributed by atoms with van der Waals surface area (Å²) in [5.74, 6) is 0. The first kappa shape index (κ1) is 10.8. The van der Waals surface area contributed by atoms with E-state index >= 15 is 0 Å². The summed E-state index contributed by atoms with van der Waals surface area (Å²) < 4.78 is 4.85. The molecule has 1 fully saturated rings. The van der Waals surface area contributed by atoms with Gasteiger partial charge in [-0.1, -0.05) is 0 Å². The quantitative estimate of drug-likeness (QED) is 0.320. The van der Waals surface area contributed by atoms with Gasteiger partial charge in [0, 0.05) is 0 Å². The molecule has 1 saturated heterocycles. The molecule has 0 bridgehead atoms. The maximum atomic E-state index is 9.45. The summed E-state index contributed by atoms with van der Waals surface area (Å²) in [6.45, 7) is -0.439. The third-order valence-electron chi connectivity index (χ3n) is 2.23. The molecule has 5 atom stereocenters. The van der Waals surface area contributed by atoms with Gasteiger partial charge in [-0.2, -0.15) is 0 Å². The Bertz CT molecular complexity index is 167. The summed E-state index contributed by atoms with van der Waals surface area (Å²) in [7, 11) is 1.53. The molecule has 0 aliphatic carbocycles. The van der Waals surface area contributed by atoms with E-state index in [1.54, 1.807) is 0 Å². The van der Waals surface area contributed by atoms with Crippen LogP contribution < -0.4 is 5.32 Å². The van der Waals surface area contributed by atoms with Crippen molar-refractivity contribution in [3.8, 4) is 0 Å². The zero-order chi connectivity index (χ0) is 10.0. The smallest absolute Gasteiger partial charge is 0.173 e. The standard InChI is InChI=1S/C7H15NO5/c1-8-4-6(11)5(10)3(2-9)13-7(4)12/h3-12H,2H2,1H3/t3?,4?,5-,6?,7?/m1/s1. The number of aliphatic hydroxyl groups is 4. The first-order valence-electron chi connectivity index (χ1n) is 4.09. The lowest BCUT2D eigenvalue weighted by Crippen LogP contribution is -2.62. The van der Waals surface area contributed by atoms with E-state index < -0.39 is 37.3 Å². The summed E-state index contributed by atoms with van der Waals surface area (Å²) in [5, 5.41) is 39.4. The van der Waals surface area contributed by atoms with Crippen LogP contribution in [-0.4, -0.2) is 64.7 Å². The number of likely N-dealkylation sites (N-methyl/N-ethyl adjacent to an activating group) is 1. The maximum absolute atomic E-state index is 9.45. The molecule has 1 aliphatic rings. The lowest BCUT2D eigenvalue weighted by atomic mass is 9.97. The van der Waals surface area contributed by atoms with Crippen LogP contribution in [0, 0.1) is 0 Å². The minimum absolute atomic E-state index is 0.439. The van der Waals surface area contributed by atoms with Gasteiger partial charge in [0.25, 0.3) is 0 Å². The highest BCUT2D eigenvalue weighted by molar-refractivity contribution is 4.91. The van der Waals surface area contributed by atoms with Crippen molar-refractivity contribution < 1.29 is 25.2 Å². The molecule has 0 radical (unpaired) electrons. The Morgan fingerprint density at radius 3 is 2.31 bits per heavy atom. The first-order chi connectivity index (χ1) is 6.11. The van der Waals surface area contributed by atoms with E-state index in [1.165, 1.54) is 7.05 Å². The Labute approximate surface area is 75.8 Å². The summed E-state index contributed by atoms with van der Waals surface area (Å²) >= 11 is 0. The van der Waals surface area contributed by atoms with Gasteiger partial charge in [-0.05, 0) is 7.05 Å². The molecule has 0 amide bonds. The van der Waals surface area contributed by atoms with Crippen LogP contribution in [0.25, 0.3) is 0 Å². The van der Waals surface area contributed by atoms with Gasteiger partial charge in [0.1, 0.15) is 18.3 Å². The third-order valence-corrected chi connectivity index (χ3v) is 2.23. The van der Waals surface area contributed by atoms with Gasteiger partial charge >= 0.3 is 0 Å². The fourth-order valence-corrected chi connectivity index (χ4v) is 1.41. The zero-order valence-electron chi connectivity index (χ0n) is 7.29. The van der Waals surface area contributed by atoms with Crippen molar-refractivity contribution in [2.75, 3.05) is 13.7 Å². The summed E-state index contributed by atoms with van der Waals surface area (Å²) in [6.07, 6.45) is -4.49. The van der Waals surface area contributed by atoms with Crippen molar-refractivity contribution in [1.29, 1.82) is 0 Å². The van der Waals surface area contributed by atoms with Crippen LogP contribution >= 0.6 is 0 Å². The minimum Gasteiger partial charge on any atom is -0.394 e. The number of rotatable bonds is 2. The van der Waals surface area contributed by atoms with Crippen molar-refractivity contribution in [2.24, 2.45) is 0 Å². The number of nitrogens with one attached hydrogen (secondary N) is 1. The van der Waals surface area contributed by atoms with Crippen LogP contribution in [0.1, 0.15) is 0 Å². The molecule has 13 heavy (non-hydrogen) atoms. The van der Waals surface area contributed by atoms with Crippen LogP contribution in [0.4, 0.5) is 0 Å². The average Bonchev–Trinajstić information content (AvgIpc) is 2.12. The van der Waals surface area contributed by atoms with Crippen LogP contribution in [0.3, 0.4) is 0 Å². The highest BCUT2D eigenvalue weighted by Gasteiger charge is 2.42. The van der Waals surface area contributed by atoms with E-state index in [0.717, 1.165) is 0 Å². The number of ether oxygens (including phenoxy) is 1. The number of hydrogen-bond acceptors (Lipinski definition) is 6. The van der Waals surface area contributed by atoms with E-state index in [1.807, 2.05) is 0 Å².